The minimum atomic E-state index is -0.268. The summed E-state index contributed by atoms with van der Waals surface area (Å²) in [5, 5.41) is 5.14. The summed E-state index contributed by atoms with van der Waals surface area (Å²) in [6, 6.07) is 13.0. The van der Waals surface area contributed by atoms with Crippen LogP contribution in [0.25, 0.3) is 0 Å². The van der Waals surface area contributed by atoms with Gasteiger partial charge in [0.25, 0.3) is 0 Å². The van der Waals surface area contributed by atoms with Crippen LogP contribution in [0.2, 0.25) is 0 Å². The van der Waals surface area contributed by atoms with Gasteiger partial charge < -0.3 is 29.2 Å². The first-order valence-corrected chi connectivity index (χ1v) is 11.7. The summed E-state index contributed by atoms with van der Waals surface area (Å²) in [5.74, 6) is 1.13. The highest BCUT2D eigenvalue weighted by atomic mass is 32.1. The first kappa shape index (κ1) is 21.4. The largest absolute Gasteiger partial charge is 0.493 e. The van der Waals surface area contributed by atoms with Crippen molar-refractivity contribution in [2.24, 2.45) is 0 Å². The van der Waals surface area contributed by atoms with E-state index in [1.807, 2.05) is 28.5 Å². The molecule has 3 aromatic rings. The molecule has 9 heteroatoms. The maximum absolute atomic E-state index is 13.4. The number of thiophene rings is 1. The fraction of sp³-hybridized carbons (Fsp3) is 0.333. The molecule has 1 N–H and O–H groups in total. The maximum atomic E-state index is 13.4. The number of aromatic nitrogens is 1. The van der Waals surface area contributed by atoms with E-state index in [2.05, 4.69) is 28.2 Å². The molecule has 4 heterocycles. The number of hydrogen-bond donors (Lipinski definition) is 1. The minimum Gasteiger partial charge on any atom is -0.493 e. The van der Waals surface area contributed by atoms with Gasteiger partial charge in [-0.2, -0.15) is 0 Å². The predicted octanol–water partition coefficient (Wildman–Crippen LogP) is 3.49. The summed E-state index contributed by atoms with van der Waals surface area (Å²) >= 11 is 1.65. The Morgan fingerprint density at radius 2 is 1.94 bits per heavy atom. The lowest BCUT2D eigenvalue weighted by Gasteiger charge is -2.37. The number of urea groups is 1. The molecule has 1 fully saturated rings. The van der Waals surface area contributed by atoms with Crippen molar-refractivity contribution >= 4 is 29.0 Å². The highest BCUT2D eigenvalue weighted by molar-refractivity contribution is 7.10. The molecule has 0 spiro atoms. The molecule has 2 aromatic heterocycles. The van der Waals surface area contributed by atoms with Gasteiger partial charge in [0.05, 0.1) is 20.3 Å². The van der Waals surface area contributed by atoms with Crippen molar-refractivity contribution in [2.75, 3.05) is 32.2 Å². The summed E-state index contributed by atoms with van der Waals surface area (Å²) in [7, 11) is 3.14. The maximum Gasteiger partial charge on any atom is 0.318 e. The third kappa shape index (κ3) is 3.93. The predicted molar refractivity (Wildman–Crippen MR) is 126 cm³/mol. The van der Waals surface area contributed by atoms with Crippen LogP contribution >= 0.6 is 11.3 Å². The molecule has 0 bridgehead atoms. The zero-order valence-electron chi connectivity index (χ0n) is 18.6. The minimum absolute atomic E-state index is 0.0325. The molecular weight excluding hydrogens is 440 g/mol. The van der Waals surface area contributed by atoms with E-state index in [0.29, 0.717) is 24.6 Å². The van der Waals surface area contributed by atoms with Gasteiger partial charge in [0.2, 0.25) is 5.91 Å². The van der Waals surface area contributed by atoms with E-state index in [1.165, 1.54) is 0 Å². The first-order chi connectivity index (χ1) is 16.1. The van der Waals surface area contributed by atoms with E-state index >= 15 is 0 Å². The number of fused-ring (bicyclic) bond motifs is 1. The van der Waals surface area contributed by atoms with Crippen LogP contribution in [0.1, 0.15) is 23.0 Å². The average Bonchev–Trinajstić information content (AvgIpc) is 3.59. The zero-order valence-corrected chi connectivity index (χ0v) is 19.4. The summed E-state index contributed by atoms with van der Waals surface area (Å²) < 4.78 is 12.9. The third-order valence-electron chi connectivity index (χ3n) is 6.24. The lowest BCUT2D eigenvalue weighted by atomic mass is 10.1. The van der Waals surface area contributed by atoms with Crippen LogP contribution in [-0.4, -0.2) is 54.8 Å². The van der Waals surface area contributed by atoms with Crippen LogP contribution in [0.4, 0.5) is 10.5 Å². The lowest BCUT2D eigenvalue weighted by Crippen LogP contribution is -2.50. The molecule has 1 aromatic carbocycles. The van der Waals surface area contributed by atoms with E-state index in [-0.39, 0.29) is 30.4 Å². The fourth-order valence-electron chi connectivity index (χ4n) is 4.65. The molecule has 2 unspecified atom stereocenters. The Hall–Kier alpha value is -3.46. The van der Waals surface area contributed by atoms with Gasteiger partial charge in [0.1, 0.15) is 6.04 Å². The van der Waals surface area contributed by atoms with Crippen LogP contribution in [0.5, 0.6) is 11.5 Å². The van der Waals surface area contributed by atoms with Crippen LogP contribution in [-0.2, 0) is 11.3 Å². The summed E-state index contributed by atoms with van der Waals surface area (Å²) in [6.45, 7) is 1.77. The van der Waals surface area contributed by atoms with Gasteiger partial charge in [0, 0.05) is 54.6 Å². The SMILES string of the molecule is COc1ccc(N2CC(NC(=O)N3CCn4cccc4C3c3cccs3)CC2=O)cc1OC. The number of benzene rings is 1. The second kappa shape index (κ2) is 8.82. The fourth-order valence-corrected chi connectivity index (χ4v) is 5.50. The second-order valence-electron chi connectivity index (χ2n) is 8.13. The number of carbonyl (C=O) groups is 2. The van der Waals surface area contributed by atoms with Gasteiger partial charge in [-0.25, -0.2) is 4.79 Å². The quantitative estimate of drug-likeness (QED) is 0.625. The Morgan fingerprint density at radius 3 is 2.70 bits per heavy atom. The number of hydrogen-bond acceptors (Lipinski definition) is 5. The lowest BCUT2D eigenvalue weighted by molar-refractivity contribution is -0.117. The van der Waals surface area contributed by atoms with E-state index < -0.39 is 0 Å². The number of amides is 3. The van der Waals surface area contributed by atoms with Gasteiger partial charge in [-0.05, 0) is 35.7 Å². The Morgan fingerprint density at radius 1 is 1.09 bits per heavy atom. The molecule has 5 rings (SSSR count). The number of nitrogens with one attached hydrogen (secondary N) is 1. The van der Waals surface area contributed by atoms with Crippen molar-refractivity contribution in [1.29, 1.82) is 0 Å². The Bertz CT molecular complexity index is 1160. The third-order valence-corrected chi connectivity index (χ3v) is 7.17. The normalized spacial score (nSPS) is 20.0. The number of rotatable bonds is 5. The van der Waals surface area contributed by atoms with Crippen molar-refractivity contribution in [3.8, 4) is 11.5 Å². The van der Waals surface area contributed by atoms with Gasteiger partial charge in [-0.1, -0.05) is 6.07 Å². The first-order valence-electron chi connectivity index (χ1n) is 10.9. The topological polar surface area (TPSA) is 76.0 Å². The van der Waals surface area contributed by atoms with Crippen molar-refractivity contribution in [3.63, 3.8) is 0 Å². The number of carbonyl (C=O) groups excluding carboxylic acids is 2. The van der Waals surface area contributed by atoms with Gasteiger partial charge in [0.15, 0.2) is 11.5 Å². The van der Waals surface area contributed by atoms with E-state index in [0.717, 1.165) is 22.8 Å². The Balaban J connectivity index is 1.32. The summed E-state index contributed by atoms with van der Waals surface area (Å²) in [4.78, 5) is 30.8. The molecule has 2 aliphatic heterocycles. The van der Waals surface area contributed by atoms with Gasteiger partial charge in [-0.15, -0.1) is 11.3 Å². The standard InChI is InChI=1S/C24H26N4O4S/c1-31-19-8-7-17(14-20(19)32-2)28-15-16(13-22(28)29)25-24(30)27-11-10-26-9-3-5-18(26)23(27)21-6-4-12-33-21/h3-9,12,14,16,23H,10-11,13,15H2,1-2H3,(H,25,30). The molecular formula is C24H26N4O4S. The van der Waals surface area contributed by atoms with Crippen LogP contribution < -0.4 is 19.7 Å². The number of nitrogens with zero attached hydrogens (tertiary/aromatic N) is 3. The second-order valence-corrected chi connectivity index (χ2v) is 9.11. The van der Waals surface area contributed by atoms with E-state index in [4.69, 9.17) is 9.47 Å². The number of anilines is 1. The molecule has 2 atom stereocenters. The zero-order chi connectivity index (χ0) is 22.9. The van der Waals surface area contributed by atoms with E-state index in [9.17, 15) is 9.59 Å². The van der Waals surface area contributed by atoms with Crippen molar-refractivity contribution in [3.05, 3.63) is 64.6 Å². The molecule has 0 saturated carbocycles. The molecule has 0 radical (unpaired) electrons. The molecule has 8 nitrogen and oxygen atoms in total. The molecule has 172 valence electrons. The smallest absolute Gasteiger partial charge is 0.318 e. The molecule has 2 aliphatic rings. The molecule has 3 amide bonds. The van der Waals surface area contributed by atoms with Crippen LogP contribution in [0.3, 0.4) is 0 Å². The van der Waals surface area contributed by atoms with E-state index in [1.54, 1.807) is 42.6 Å². The number of methoxy groups -OCH3 is 2. The van der Waals surface area contributed by atoms with Gasteiger partial charge in [-0.3, -0.25) is 4.79 Å². The van der Waals surface area contributed by atoms with Crippen molar-refractivity contribution in [1.82, 2.24) is 14.8 Å². The monoisotopic (exact) mass is 466 g/mol. The van der Waals surface area contributed by atoms with Crippen molar-refractivity contribution < 1.29 is 19.1 Å². The van der Waals surface area contributed by atoms with Crippen LogP contribution in [0.15, 0.2) is 54.0 Å². The number of ether oxygens (including phenoxy) is 2. The molecule has 0 aliphatic carbocycles. The van der Waals surface area contributed by atoms with Crippen molar-refractivity contribution in [2.45, 2.75) is 25.0 Å². The van der Waals surface area contributed by atoms with Crippen LogP contribution in [0, 0.1) is 0 Å². The summed E-state index contributed by atoms with van der Waals surface area (Å²) in [5.41, 5.74) is 1.83. The van der Waals surface area contributed by atoms with Gasteiger partial charge >= 0.3 is 6.03 Å². The highest BCUT2D eigenvalue weighted by Gasteiger charge is 2.37. The Labute approximate surface area is 196 Å². The molecule has 33 heavy (non-hydrogen) atoms. The molecule has 1 saturated heterocycles. The highest BCUT2D eigenvalue weighted by Crippen LogP contribution is 2.36. The summed E-state index contributed by atoms with van der Waals surface area (Å²) in [6.07, 6.45) is 2.32. The average molecular weight is 467 g/mol. The Kier molecular flexibility index (Phi) is 5.72.